The molecule has 4 aromatic rings. The molecule has 1 N–H and O–H groups in total. The van der Waals surface area contributed by atoms with Gasteiger partial charge in [0.1, 0.15) is 18.1 Å². The number of pyridine rings is 1. The molecule has 1 aliphatic heterocycles. The van der Waals surface area contributed by atoms with E-state index in [1.165, 1.54) is 31.5 Å². The number of carbonyl (C=O) groups is 1. The van der Waals surface area contributed by atoms with Crippen LogP contribution in [0.3, 0.4) is 0 Å². The van der Waals surface area contributed by atoms with Crippen LogP contribution < -0.4 is 5.32 Å². The van der Waals surface area contributed by atoms with Crippen LogP contribution in [0.2, 0.25) is 10.0 Å². The lowest BCUT2D eigenvalue weighted by atomic mass is 9.98. The second kappa shape index (κ2) is 12.0. The normalized spacial score (nSPS) is 14.6. The molecular formula is C31H34Cl2N4O2. The molecule has 0 saturated carbocycles. The fourth-order valence-electron chi connectivity index (χ4n) is 5.15. The number of hydrogen-bond donors (Lipinski definition) is 1. The van der Waals surface area contributed by atoms with E-state index in [4.69, 9.17) is 32.9 Å². The number of nitrogens with one attached hydrogen (secondary N) is 1. The molecule has 39 heavy (non-hydrogen) atoms. The number of piperidine rings is 1. The number of amides is 1. The van der Waals surface area contributed by atoms with Gasteiger partial charge in [-0.3, -0.25) is 14.6 Å². The molecule has 0 atom stereocenters. The largest absolute Gasteiger partial charge is 0.444 e. The number of imidazole rings is 1. The van der Waals surface area contributed by atoms with Crippen molar-refractivity contribution in [3.05, 3.63) is 87.2 Å². The molecule has 0 aliphatic carbocycles. The first-order chi connectivity index (χ1) is 18.8. The molecule has 1 saturated heterocycles. The Kier molecular flexibility index (Phi) is 8.46. The number of fused-ring (bicyclic) bond motifs is 1. The van der Waals surface area contributed by atoms with Crippen molar-refractivity contribution in [1.29, 1.82) is 0 Å². The van der Waals surface area contributed by atoms with E-state index in [9.17, 15) is 4.79 Å². The fourth-order valence-corrected chi connectivity index (χ4v) is 5.72. The van der Waals surface area contributed by atoms with Crippen LogP contribution in [0.1, 0.15) is 49.1 Å². The van der Waals surface area contributed by atoms with Gasteiger partial charge in [-0.1, -0.05) is 61.3 Å². The first-order valence-corrected chi connectivity index (χ1v) is 14.3. The van der Waals surface area contributed by atoms with Gasteiger partial charge in [-0.25, -0.2) is 9.78 Å². The maximum atomic E-state index is 12.8. The third kappa shape index (κ3) is 6.57. The number of benzene rings is 2. The lowest BCUT2D eigenvalue weighted by Gasteiger charge is -2.30. The standard InChI is InChI=1S/C31H34Cl2N4O2/c1-4-28-30(35-31(38)39-19-23-14-26(32)16-27(33)15-23)37-18-25(13-21(3)29(37)34-28)24-7-5-22(6-8-24)17-36-11-9-20(2)10-12-36/h5-8,13-16,18,20H,4,9-12,17,19H2,1-3H3,(H,35,38). The lowest BCUT2D eigenvalue weighted by Crippen LogP contribution is -2.32. The molecule has 204 valence electrons. The molecule has 1 fully saturated rings. The molecule has 0 bridgehead atoms. The van der Waals surface area contributed by atoms with Crippen LogP contribution >= 0.6 is 23.2 Å². The van der Waals surface area contributed by atoms with Gasteiger partial charge >= 0.3 is 6.09 Å². The van der Waals surface area contributed by atoms with E-state index in [2.05, 4.69) is 47.5 Å². The Bertz CT molecular complexity index is 1450. The van der Waals surface area contributed by atoms with Gasteiger partial charge in [0.05, 0.1) is 5.69 Å². The molecule has 5 rings (SSSR count). The highest BCUT2D eigenvalue weighted by Gasteiger charge is 2.18. The van der Waals surface area contributed by atoms with Crippen molar-refractivity contribution >= 4 is 40.8 Å². The van der Waals surface area contributed by atoms with Crippen molar-refractivity contribution in [2.45, 2.75) is 53.2 Å². The Hall–Kier alpha value is -3.06. The molecule has 3 heterocycles. The maximum absolute atomic E-state index is 12.8. The maximum Gasteiger partial charge on any atom is 0.413 e. The van der Waals surface area contributed by atoms with Gasteiger partial charge in [0.2, 0.25) is 0 Å². The second-order valence-electron chi connectivity index (χ2n) is 10.5. The highest BCUT2D eigenvalue weighted by atomic mass is 35.5. The zero-order valence-electron chi connectivity index (χ0n) is 22.6. The molecule has 0 radical (unpaired) electrons. The van der Waals surface area contributed by atoms with E-state index in [1.807, 2.05) is 24.4 Å². The Labute approximate surface area is 239 Å². The summed E-state index contributed by atoms with van der Waals surface area (Å²) < 4.78 is 7.42. The number of halogens is 2. The molecule has 0 spiro atoms. The lowest BCUT2D eigenvalue weighted by molar-refractivity contribution is 0.155. The summed E-state index contributed by atoms with van der Waals surface area (Å²) in [6.07, 6.45) is 4.69. The summed E-state index contributed by atoms with van der Waals surface area (Å²) in [6, 6.07) is 16.0. The van der Waals surface area contributed by atoms with E-state index >= 15 is 0 Å². The number of carbonyl (C=O) groups excluding carboxylic acids is 1. The smallest absolute Gasteiger partial charge is 0.413 e. The van der Waals surface area contributed by atoms with Crippen LogP contribution in [0.5, 0.6) is 0 Å². The number of likely N-dealkylation sites (tertiary alicyclic amines) is 1. The summed E-state index contributed by atoms with van der Waals surface area (Å²) in [4.78, 5) is 20.1. The zero-order chi connectivity index (χ0) is 27.5. The number of aryl methyl sites for hydroxylation is 2. The van der Waals surface area contributed by atoms with Gasteiger partial charge in [0, 0.05) is 22.8 Å². The quantitative estimate of drug-likeness (QED) is 0.246. The minimum atomic E-state index is -0.567. The Morgan fingerprint density at radius 3 is 2.38 bits per heavy atom. The van der Waals surface area contributed by atoms with Crippen molar-refractivity contribution in [2.24, 2.45) is 5.92 Å². The number of nitrogens with zero attached hydrogens (tertiary/aromatic N) is 3. The molecule has 1 aliphatic rings. The van der Waals surface area contributed by atoms with Crippen molar-refractivity contribution in [3.8, 4) is 11.1 Å². The summed E-state index contributed by atoms with van der Waals surface area (Å²) in [5.74, 6) is 1.45. The van der Waals surface area contributed by atoms with Crippen LogP contribution in [0.15, 0.2) is 54.7 Å². The third-order valence-electron chi connectivity index (χ3n) is 7.39. The molecule has 1 amide bonds. The summed E-state index contributed by atoms with van der Waals surface area (Å²) >= 11 is 12.1. The summed E-state index contributed by atoms with van der Waals surface area (Å²) in [6.45, 7) is 9.79. The highest BCUT2D eigenvalue weighted by Crippen LogP contribution is 2.28. The first-order valence-electron chi connectivity index (χ1n) is 13.5. The summed E-state index contributed by atoms with van der Waals surface area (Å²) in [7, 11) is 0. The monoisotopic (exact) mass is 564 g/mol. The van der Waals surface area contributed by atoms with Crippen molar-refractivity contribution < 1.29 is 9.53 Å². The van der Waals surface area contributed by atoms with E-state index < -0.39 is 6.09 Å². The van der Waals surface area contributed by atoms with Crippen LogP contribution in [-0.2, 0) is 24.3 Å². The van der Waals surface area contributed by atoms with Gasteiger partial charge in [0.15, 0.2) is 0 Å². The molecule has 6 nitrogen and oxygen atoms in total. The minimum Gasteiger partial charge on any atom is -0.444 e. The first kappa shape index (κ1) is 27.5. The van der Waals surface area contributed by atoms with Gasteiger partial charge < -0.3 is 4.74 Å². The number of aromatic nitrogens is 2. The van der Waals surface area contributed by atoms with Gasteiger partial charge in [-0.2, -0.15) is 0 Å². The Balaban J connectivity index is 1.34. The average Bonchev–Trinajstić information content (AvgIpc) is 3.26. The van der Waals surface area contributed by atoms with Crippen molar-refractivity contribution in [1.82, 2.24) is 14.3 Å². The molecule has 2 aromatic heterocycles. The van der Waals surface area contributed by atoms with E-state index in [1.54, 1.807) is 18.2 Å². The number of hydrogen-bond acceptors (Lipinski definition) is 4. The number of anilines is 1. The average molecular weight is 566 g/mol. The molecular weight excluding hydrogens is 531 g/mol. The van der Waals surface area contributed by atoms with Gasteiger partial charge in [-0.05, 0) is 97.3 Å². The van der Waals surface area contributed by atoms with E-state index in [-0.39, 0.29) is 6.61 Å². The highest BCUT2D eigenvalue weighted by molar-refractivity contribution is 6.34. The Morgan fingerprint density at radius 1 is 1.03 bits per heavy atom. The minimum absolute atomic E-state index is 0.0530. The van der Waals surface area contributed by atoms with Crippen LogP contribution in [0.4, 0.5) is 10.6 Å². The topological polar surface area (TPSA) is 58.9 Å². The predicted octanol–water partition coefficient (Wildman–Crippen LogP) is 8.16. The van der Waals surface area contributed by atoms with Crippen LogP contribution in [-0.4, -0.2) is 33.5 Å². The van der Waals surface area contributed by atoms with E-state index in [0.717, 1.165) is 40.5 Å². The predicted molar refractivity (Wildman–Crippen MR) is 159 cm³/mol. The van der Waals surface area contributed by atoms with Crippen LogP contribution in [0.25, 0.3) is 16.8 Å². The number of rotatable bonds is 7. The van der Waals surface area contributed by atoms with Crippen LogP contribution in [0, 0.1) is 12.8 Å². The van der Waals surface area contributed by atoms with E-state index in [0.29, 0.717) is 27.8 Å². The fraction of sp³-hybridized carbons (Fsp3) is 0.355. The Morgan fingerprint density at radius 2 is 1.72 bits per heavy atom. The number of ether oxygens (including phenoxy) is 1. The second-order valence-corrected chi connectivity index (χ2v) is 11.4. The van der Waals surface area contributed by atoms with Crippen molar-refractivity contribution in [2.75, 3.05) is 18.4 Å². The molecule has 0 unspecified atom stereocenters. The summed E-state index contributed by atoms with van der Waals surface area (Å²) in [5, 5.41) is 3.90. The van der Waals surface area contributed by atoms with Gasteiger partial charge in [-0.15, -0.1) is 0 Å². The summed E-state index contributed by atoms with van der Waals surface area (Å²) in [5.41, 5.74) is 6.86. The molecule has 2 aromatic carbocycles. The van der Waals surface area contributed by atoms with Gasteiger partial charge in [0.25, 0.3) is 0 Å². The molecule has 8 heteroatoms. The SMILES string of the molecule is CCc1nc2c(C)cc(-c3ccc(CN4CCC(C)CC4)cc3)cn2c1NC(=O)OCc1cc(Cl)cc(Cl)c1. The third-order valence-corrected chi connectivity index (χ3v) is 7.83. The zero-order valence-corrected chi connectivity index (χ0v) is 24.1. The van der Waals surface area contributed by atoms with Crippen molar-refractivity contribution in [3.63, 3.8) is 0 Å².